The van der Waals surface area contributed by atoms with E-state index in [1.807, 2.05) is 12.1 Å². The number of benzene rings is 1. The van der Waals surface area contributed by atoms with E-state index in [0.29, 0.717) is 0 Å². The molecule has 0 aromatic heterocycles. The molecule has 0 amide bonds. The first-order valence-corrected chi connectivity index (χ1v) is 7.87. The molecule has 0 bridgehead atoms. The van der Waals surface area contributed by atoms with Gasteiger partial charge in [-0.25, -0.2) is 0 Å². The second-order valence-electron chi connectivity index (χ2n) is 5.78. The lowest BCUT2D eigenvalue weighted by Gasteiger charge is -2.26. The number of rotatable bonds is 7. The molecule has 2 rings (SSSR count). The highest BCUT2D eigenvalue weighted by Crippen LogP contribution is 2.17. The zero-order valence-corrected chi connectivity index (χ0v) is 12.8. The van der Waals surface area contributed by atoms with Crippen LogP contribution >= 0.6 is 0 Å². The fourth-order valence-corrected chi connectivity index (χ4v) is 2.81. The van der Waals surface area contributed by atoms with Gasteiger partial charge < -0.3 is 10.2 Å². The van der Waals surface area contributed by atoms with Crippen molar-refractivity contribution in [3.8, 4) is 0 Å². The fourth-order valence-electron chi connectivity index (χ4n) is 2.81. The number of nitro benzene ring substituents is 1. The third kappa shape index (κ3) is 5.10. The Morgan fingerprint density at radius 1 is 1.24 bits per heavy atom. The Labute approximate surface area is 126 Å². The van der Waals surface area contributed by atoms with Crippen LogP contribution in [0.15, 0.2) is 24.3 Å². The molecule has 116 valence electrons. The third-order valence-corrected chi connectivity index (χ3v) is 4.15. The maximum Gasteiger partial charge on any atom is 0.269 e. The van der Waals surface area contributed by atoms with Crippen LogP contribution in [-0.2, 0) is 0 Å². The normalized spacial score (nSPS) is 17.6. The molecule has 1 saturated heterocycles. The number of nitro groups is 1. The highest BCUT2D eigenvalue weighted by molar-refractivity contribution is 5.33. The minimum atomic E-state index is -0.361. The van der Waals surface area contributed by atoms with E-state index in [1.165, 1.54) is 38.9 Å². The van der Waals surface area contributed by atoms with E-state index in [-0.39, 0.29) is 16.7 Å². The van der Waals surface area contributed by atoms with E-state index in [1.54, 1.807) is 12.1 Å². The zero-order chi connectivity index (χ0) is 15.1. The van der Waals surface area contributed by atoms with E-state index in [0.717, 1.165) is 18.5 Å². The van der Waals surface area contributed by atoms with Crippen molar-refractivity contribution in [2.45, 2.75) is 38.6 Å². The fraction of sp³-hybridized carbons (Fsp3) is 0.625. The van der Waals surface area contributed by atoms with Crippen molar-refractivity contribution in [1.29, 1.82) is 0 Å². The SMILES string of the molecule is CC(NCCCN1CCCCC1)c1ccc([N+](=O)[O-])cc1. The van der Waals surface area contributed by atoms with Gasteiger partial charge >= 0.3 is 0 Å². The smallest absolute Gasteiger partial charge is 0.269 e. The van der Waals surface area contributed by atoms with Crippen LogP contribution in [0.5, 0.6) is 0 Å². The number of hydrogen-bond acceptors (Lipinski definition) is 4. The van der Waals surface area contributed by atoms with Crippen molar-refractivity contribution in [2.75, 3.05) is 26.2 Å². The third-order valence-electron chi connectivity index (χ3n) is 4.15. The number of likely N-dealkylation sites (tertiary alicyclic amines) is 1. The summed E-state index contributed by atoms with van der Waals surface area (Å²) in [5, 5.41) is 14.1. The Balaban J connectivity index is 1.68. The molecular formula is C16H25N3O2. The molecular weight excluding hydrogens is 266 g/mol. The van der Waals surface area contributed by atoms with Crippen LogP contribution in [0.1, 0.15) is 44.2 Å². The maximum absolute atomic E-state index is 10.6. The van der Waals surface area contributed by atoms with Gasteiger partial charge in [0.1, 0.15) is 0 Å². The average Bonchev–Trinajstić information content (AvgIpc) is 2.52. The summed E-state index contributed by atoms with van der Waals surface area (Å²) < 4.78 is 0. The number of nitrogens with zero attached hydrogens (tertiary/aromatic N) is 2. The van der Waals surface area contributed by atoms with Crippen molar-refractivity contribution < 1.29 is 4.92 Å². The van der Waals surface area contributed by atoms with Crippen molar-refractivity contribution in [1.82, 2.24) is 10.2 Å². The molecule has 0 aliphatic carbocycles. The summed E-state index contributed by atoms with van der Waals surface area (Å²) in [5.41, 5.74) is 1.25. The lowest BCUT2D eigenvalue weighted by molar-refractivity contribution is -0.384. The van der Waals surface area contributed by atoms with Crippen LogP contribution in [0.4, 0.5) is 5.69 Å². The number of non-ortho nitro benzene ring substituents is 1. The molecule has 5 nitrogen and oxygen atoms in total. The summed E-state index contributed by atoms with van der Waals surface area (Å²) in [6, 6.07) is 7.04. The lowest BCUT2D eigenvalue weighted by Crippen LogP contribution is -2.32. The van der Waals surface area contributed by atoms with Crippen molar-refractivity contribution >= 4 is 5.69 Å². The molecule has 1 aromatic rings. The summed E-state index contributed by atoms with van der Waals surface area (Å²) in [6.45, 7) is 6.74. The van der Waals surface area contributed by atoms with Gasteiger partial charge in [-0.15, -0.1) is 0 Å². The van der Waals surface area contributed by atoms with Crippen molar-refractivity contribution in [3.05, 3.63) is 39.9 Å². The molecule has 0 radical (unpaired) electrons. The van der Waals surface area contributed by atoms with Gasteiger partial charge in [0.25, 0.3) is 5.69 Å². The molecule has 0 spiro atoms. The molecule has 1 unspecified atom stereocenters. The van der Waals surface area contributed by atoms with Gasteiger partial charge in [0.15, 0.2) is 0 Å². The molecule has 1 N–H and O–H groups in total. The van der Waals surface area contributed by atoms with E-state index < -0.39 is 0 Å². The highest BCUT2D eigenvalue weighted by Gasteiger charge is 2.10. The first-order valence-electron chi connectivity index (χ1n) is 7.87. The Kier molecular flexibility index (Phi) is 6.14. The van der Waals surface area contributed by atoms with Crippen molar-refractivity contribution in [3.63, 3.8) is 0 Å². The van der Waals surface area contributed by atoms with Crippen LogP contribution < -0.4 is 5.32 Å². The van der Waals surface area contributed by atoms with Gasteiger partial charge in [-0.05, 0) is 57.9 Å². The summed E-state index contributed by atoms with van der Waals surface area (Å²) in [4.78, 5) is 12.8. The predicted molar refractivity (Wildman–Crippen MR) is 84.4 cm³/mol. The Morgan fingerprint density at radius 3 is 2.52 bits per heavy atom. The van der Waals surface area contributed by atoms with Crippen molar-refractivity contribution in [2.24, 2.45) is 0 Å². The molecule has 1 atom stereocenters. The zero-order valence-electron chi connectivity index (χ0n) is 12.8. The van der Waals surface area contributed by atoms with Gasteiger partial charge in [0.2, 0.25) is 0 Å². The summed E-state index contributed by atoms with van der Waals surface area (Å²) in [5.74, 6) is 0. The number of hydrogen-bond donors (Lipinski definition) is 1. The molecule has 1 fully saturated rings. The molecule has 21 heavy (non-hydrogen) atoms. The topological polar surface area (TPSA) is 58.4 Å². The average molecular weight is 291 g/mol. The molecule has 0 saturated carbocycles. The summed E-state index contributed by atoms with van der Waals surface area (Å²) >= 11 is 0. The van der Waals surface area contributed by atoms with Crippen LogP contribution in [0.3, 0.4) is 0 Å². The van der Waals surface area contributed by atoms with Crippen LogP contribution in [-0.4, -0.2) is 36.0 Å². The summed E-state index contributed by atoms with van der Waals surface area (Å²) in [7, 11) is 0. The van der Waals surface area contributed by atoms with Gasteiger partial charge in [0.05, 0.1) is 4.92 Å². The minimum Gasteiger partial charge on any atom is -0.310 e. The second-order valence-corrected chi connectivity index (χ2v) is 5.78. The van der Waals surface area contributed by atoms with Crippen LogP contribution in [0.25, 0.3) is 0 Å². The molecule has 1 heterocycles. The van der Waals surface area contributed by atoms with E-state index in [9.17, 15) is 10.1 Å². The number of nitrogens with one attached hydrogen (secondary N) is 1. The maximum atomic E-state index is 10.6. The Bertz CT molecular complexity index is 441. The second kappa shape index (κ2) is 8.10. The molecule has 1 aromatic carbocycles. The van der Waals surface area contributed by atoms with Gasteiger partial charge in [-0.1, -0.05) is 18.6 Å². The molecule has 1 aliphatic rings. The lowest BCUT2D eigenvalue weighted by atomic mass is 10.1. The quantitative estimate of drug-likeness (QED) is 0.476. The highest BCUT2D eigenvalue weighted by atomic mass is 16.6. The standard InChI is InChI=1S/C16H25N3O2/c1-14(15-6-8-16(9-7-15)19(20)21)17-10-5-13-18-11-3-2-4-12-18/h6-9,14,17H,2-5,10-13H2,1H3. The first-order chi connectivity index (χ1) is 10.2. The molecule has 1 aliphatic heterocycles. The summed E-state index contributed by atoms with van der Waals surface area (Å²) in [6.07, 6.45) is 5.21. The van der Waals surface area contributed by atoms with Crippen LogP contribution in [0, 0.1) is 10.1 Å². The van der Waals surface area contributed by atoms with E-state index in [2.05, 4.69) is 17.1 Å². The predicted octanol–water partition coefficient (Wildman–Crippen LogP) is 3.12. The van der Waals surface area contributed by atoms with Gasteiger partial charge in [-0.3, -0.25) is 10.1 Å². The Hall–Kier alpha value is -1.46. The van der Waals surface area contributed by atoms with Gasteiger partial charge in [0, 0.05) is 18.2 Å². The van der Waals surface area contributed by atoms with Gasteiger partial charge in [-0.2, -0.15) is 0 Å². The largest absolute Gasteiger partial charge is 0.310 e. The first kappa shape index (κ1) is 15.9. The molecule has 5 heteroatoms. The van der Waals surface area contributed by atoms with Crippen LogP contribution in [0.2, 0.25) is 0 Å². The number of piperidine rings is 1. The van der Waals surface area contributed by atoms with E-state index in [4.69, 9.17) is 0 Å². The monoisotopic (exact) mass is 291 g/mol. The minimum absolute atomic E-state index is 0.149. The van der Waals surface area contributed by atoms with E-state index >= 15 is 0 Å². The Morgan fingerprint density at radius 2 is 1.90 bits per heavy atom.